The van der Waals surface area contributed by atoms with Gasteiger partial charge in [0.25, 0.3) is 0 Å². The number of fused-ring (bicyclic) bond motifs is 4. The molecule has 3 saturated carbocycles. The van der Waals surface area contributed by atoms with Gasteiger partial charge in [-0.05, 0) is 76.0 Å². The van der Waals surface area contributed by atoms with E-state index >= 15 is 0 Å². The van der Waals surface area contributed by atoms with Crippen LogP contribution in [0.5, 0.6) is 0 Å². The Balaban J connectivity index is 1.72. The Morgan fingerprint density at radius 1 is 1.08 bits per heavy atom. The zero-order valence-corrected chi connectivity index (χ0v) is 15.8. The second-order valence-electron chi connectivity index (χ2n) is 8.28. The molecule has 0 amide bonds. The molecular formula is C20H23BrFNO. The van der Waals surface area contributed by atoms with Crippen LogP contribution in [0, 0.1) is 11.2 Å². The van der Waals surface area contributed by atoms with Crippen LogP contribution in [0.4, 0.5) is 4.39 Å². The molecule has 2 aromatic rings. The third-order valence-electron chi connectivity index (χ3n) is 6.80. The summed E-state index contributed by atoms with van der Waals surface area (Å²) in [6, 6.07) is 7.47. The van der Waals surface area contributed by atoms with Gasteiger partial charge in [-0.1, -0.05) is 22.0 Å². The molecule has 2 nitrogen and oxygen atoms in total. The van der Waals surface area contributed by atoms with Gasteiger partial charge >= 0.3 is 0 Å². The predicted molar refractivity (Wildman–Crippen MR) is 97.5 cm³/mol. The zero-order chi connectivity index (χ0) is 17.2. The maximum atomic E-state index is 14.3. The highest BCUT2D eigenvalue weighted by atomic mass is 79.9. The molecular weight excluding hydrogens is 369 g/mol. The molecule has 24 heavy (non-hydrogen) atoms. The lowest BCUT2D eigenvalue weighted by Gasteiger charge is -2.57. The van der Waals surface area contributed by atoms with Crippen LogP contribution in [0.2, 0.25) is 0 Å². The van der Waals surface area contributed by atoms with Crippen LogP contribution in [0.3, 0.4) is 0 Å². The summed E-state index contributed by atoms with van der Waals surface area (Å²) in [5, 5.41) is 11.4. The van der Waals surface area contributed by atoms with E-state index in [9.17, 15) is 9.50 Å². The molecule has 2 bridgehead atoms. The summed E-state index contributed by atoms with van der Waals surface area (Å²) in [6.07, 6.45) is 6.19. The van der Waals surface area contributed by atoms with Crippen LogP contribution >= 0.6 is 15.9 Å². The van der Waals surface area contributed by atoms with E-state index in [0.717, 1.165) is 54.1 Å². The van der Waals surface area contributed by atoms with Crippen molar-refractivity contribution in [3.63, 3.8) is 0 Å². The zero-order valence-electron chi connectivity index (χ0n) is 14.2. The fourth-order valence-corrected chi connectivity index (χ4v) is 5.39. The van der Waals surface area contributed by atoms with Crippen molar-refractivity contribution in [2.24, 2.45) is 5.41 Å². The van der Waals surface area contributed by atoms with Gasteiger partial charge in [-0.2, -0.15) is 0 Å². The molecule has 5 rings (SSSR count). The number of aromatic nitrogens is 1. The number of pyridine rings is 1. The van der Waals surface area contributed by atoms with Gasteiger partial charge < -0.3 is 5.11 Å². The van der Waals surface area contributed by atoms with E-state index in [1.54, 1.807) is 0 Å². The lowest BCUT2D eigenvalue weighted by Crippen LogP contribution is -2.54. The number of hydrogen-bond donors (Lipinski definition) is 1. The van der Waals surface area contributed by atoms with E-state index in [1.807, 2.05) is 26.0 Å². The molecule has 4 heteroatoms. The monoisotopic (exact) mass is 391 g/mol. The topological polar surface area (TPSA) is 33.1 Å². The Hall–Kier alpha value is -1.00. The molecule has 0 spiro atoms. The molecule has 0 unspecified atom stereocenters. The molecule has 3 aliphatic carbocycles. The van der Waals surface area contributed by atoms with Crippen molar-refractivity contribution in [3.8, 4) is 0 Å². The van der Waals surface area contributed by atoms with Gasteiger partial charge in [0.05, 0.1) is 5.60 Å². The second-order valence-corrected chi connectivity index (χ2v) is 9.19. The highest BCUT2D eigenvalue weighted by molar-refractivity contribution is 9.10. The summed E-state index contributed by atoms with van der Waals surface area (Å²) in [5.74, 6) is -0.268. The summed E-state index contributed by atoms with van der Waals surface area (Å²) in [6.45, 7) is 3.90. The third kappa shape index (κ3) is 2.33. The maximum absolute atomic E-state index is 14.3. The minimum atomic E-state index is -0.630. The Labute approximate surface area is 150 Å². The van der Waals surface area contributed by atoms with Gasteiger partial charge in [0.2, 0.25) is 0 Å². The van der Waals surface area contributed by atoms with Crippen molar-refractivity contribution in [1.82, 2.24) is 4.98 Å². The van der Waals surface area contributed by atoms with Gasteiger partial charge in [-0.15, -0.1) is 0 Å². The van der Waals surface area contributed by atoms with Crippen molar-refractivity contribution in [2.75, 3.05) is 0 Å². The van der Waals surface area contributed by atoms with Gasteiger partial charge in [0.1, 0.15) is 5.52 Å². The van der Waals surface area contributed by atoms with Crippen LogP contribution in [-0.2, 0) is 5.41 Å². The number of benzene rings is 1. The Bertz CT molecular complexity index is 787. The van der Waals surface area contributed by atoms with E-state index in [-0.39, 0.29) is 16.6 Å². The van der Waals surface area contributed by atoms with Crippen LogP contribution in [0.25, 0.3) is 10.9 Å². The molecule has 0 aliphatic heterocycles. The number of hydrogen-bond acceptors (Lipinski definition) is 2. The van der Waals surface area contributed by atoms with Crippen molar-refractivity contribution < 1.29 is 9.50 Å². The second kappa shape index (κ2) is 5.25. The summed E-state index contributed by atoms with van der Waals surface area (Å²) in [7, 11) is 0. The Morgan fingerprint density at radius 3 is 2.29 bits per heavy atom. The lowest BCUT2D eigenvalue weighted by atomic mass is 9.49. The van der Waals surface area contributed by atoms with E-state index in [4.69, 9.17) is 4.98 Å². The van der Waals surface area contributed by atoms with E-state index in [2.05, 4.69) is 22.0 Å². The normalized spacial score (nSPS) is 30.0. The number of nitrogens with zero attached hydrogens (tertiary/aromatic N) is 1. The highest BCUT2D eigenvalue weighted by Crippen LogP contribution is 2.61. The number of rotatable bonds is 2. The van der Waals surface area contributed by atoms with E-state index in [0.29, 0.717) is 5.52 Å². The Kier molecular flexibility index (Phi) is 3.60. The molecule has 128 valence electrons. The summed E-state index contributed by atoms with van der Waals surface area (Å²) < 4.78 is 15.1. The van der Waals surface area contributed by atoms with Crippen LogP contribution in [0.1, 0.15) is 58.1 Å². The minimum Gasteiger partial charge on any atom is -0.390 e. The molecule has 0 atom stereocenters. The average molecular weight is 392 g/mol. The first kappa shape index (κ1) is 16.5. The predicted octanol–water partition coefficient (Wildman–Crippen LogP) is 5.50. The van der Waals surface area contributed by atoms with Crippen molar-refractivity contribution in [2.45, 2.75) is 63.4 Å². The highest BCUT2D eigenvalue weighted by Gasteiger charge is 2.55. The first-order chi connectivity index (χ1) is 11.2. The van der Waals surface area contributed by atoms with Gasteiger partial charge in [-0.3, -0.25) is 0 Å². The van der Waals surface area contributed by atoms with Gasteiger partial charge in [0.15, 0.2) is 5.82 Å². The fraction of sp³-hybridized carbons (Fsp3) is 0.550. The van der Waals surface area contributed by atoms with E-state index < -0.39 is 5.60 Å². The van der Waals surface area contributed by atoms with Crippen molar-refractivity contribution in [3.05, 3.63) is 40.2 Å². The molecule has 1 heterocycles. The lowest BCUT2D eigenvalue weighted by molar-refractivity contribution is -0.120. The summed E-state index contributed by atoms with van der Waals surface area (Å²) >= 11 is 3.34. The number of halogens is 2. The number of aliphatic hydroxyl groups is 1. The average Bonchev–Trinajstić information content (AvgIpc) is 2.55. The maximum Gasteiger partial charge on any atom is 0.150 e. The molecule has 0 saturated heterocycles. The third-order valence-corrected chi connectivity index (χ3v) is 7.26. The molecule has 3 fully saturated rings. The van der Waals surface area contributed by atoms with Crippen LogP contribution in [0.15, 0.2) is 28.7 Å². The molecule has 0 radical (unpaired) electrons. The molecule has 1 aromatic heterocycles. The summed E-state index contributed by atoms with van der Waals surface area (Å²) in [5.41, 5.74) is 0.965. The largest absolute Gasteiger partial charge is 0.390 e. The SMILES string of the molecule is CC(C)(O)C12CCC(c3ccc4cc(Br)cc(F)c4n3)(CC1)CC2. The minimum absolute atomic E-state index is 0.0434. The smallest absolute Gasteiger partial charge is 0.150 e. The van der Waals surface area contributed by atoms with Crippen molar-refractivity contribution >= 4 is 26.8 Å². The van der Waals surface area contributed by atoms with Gasteiger partial charge in [0, 0.05) is 21.0 Å². The van der Waals surface area contributed by atoms with Crippen molar-refractivity contribution in [1.29, 1.82) is 0 Å². The van der Waals surface area contributed by atoms with Gasteiger partial charge in [-0.25, -0.2) is 9.37 Å². The molecule has 3 aliphatic rings. The molecule has 1 N–H and O–H groups in total. The standard InChI is InChI=1S/C20H23BrFNO/c1-18(2,24)20-8-5-19(6-9-20,7-10-20)16-4-3-13-11-14(21)12-15(22)17(13)23-16/h3-4,11-12,24H,5-10H2,1-2H3. The van der Waals surface area contributed by atoms with E-state index in [1.165, 1.54) is 6.07 Å². The Morgan fingerprint density at radius 2 is 1.71 bits per heavy atom. The first-order valence-electron chi connectivity index (χ1n) is 8.74. The fourth-order valence-electron chi connectivity index (χ4n) is 4.94. The molecule has 1 aromatic carbocycles. The van der Waals surface area contributed by atoms with Crippen LogP contribution in [-0.4, -0.2) is 15.7 Å². The summed E-state index contributed by atoms with van der Waals surface area (Å²) in [4.78, 5) is 4.73. The first-order valence-corrected chi connectivity index (χ1v) is 9.53. The quantitative estimate of drug-likeness (QED) is 0.732. The van der Waals surface area contributed by atoms with Crippen LogP contribution < -0.4 is 0 Å².